The van der Waals surface area contributed by atoms with E-state index in [-0.39, 0.29) is 25.7 Å². The summed E-state index contributed by atoms with van der Waals surface area (Å²) < 4.78 is 68.5. The maximum atomic E-state index is 13.1. The first-order valence-corrected chi connectivity index (χ1v) is 41.2. The van der Waals surface area contributed by atoms with E-state index in [2.05, 4.69) is 55.4 Å². The first kappa shape index (κ1) is 91.1. The summed E-state index contributed by atoms with van der Waals surface area (Å²) in [5.74, 6) is 0.929. The van der Waals surface area contributed by atoms with E-state index in [1.807, 2.05) is 0 Å². The molecular weight excluding hydrogens is 1220 g/mol. The van der Waals surface area contributed by atoms with E-state index in [1.165, 1.54) is 167 Å². The van der Waals surface area contributed by atoms with Crippen LogP contribution in [0.25, 0.3) is 0 Å². The van der Waals surface area contributed by atoms with Gasteiger partial charge in [0.25, 0.3) is 0 Å². The third-order valence-electron chi connectivity index (χ3n) is 17.4. The highest BCUT2D eigenvalue weighted by molar-refractivity contribution is 7.47. The highest BCUT2D eigenvalue weighted by atomic mass is 31.2. The number of aliphatic hydroxyl groups excluding tert-OH is 1. The molecule has 552 valence electrons. The van der Waals surface area contributed by atoms with Crippen molar-refractivity contribution in [3.63, 3.8) is 0 Å². The van der Waals surface area contributed by atoms with Crippen molar-refractivity contribution in [2.24, 2.45) is 23.7 Å². The van der Waals surface area contributed by atoms with Gasteiger partial charge >= 0.3 is 39.5 Å². The predicted molar refractivity (Wildman–Crippen MR) is 377 cm³/mol. The molecule has 0 amide bonds. The van der Waals surface area contributed by atoms with Gasteiger partial charge in [0, 0.05) is 25.7 Å². The van der Waals surface area contributed by atoms with Crippen molar-refractivity contribution in [3.8, 4) is 0 Å². The SMILES string of the molecule is CCC(C)CCCCCCCCCCCCC(=O)OC[C@H](COP(=O)(O)OCC(O)COP(=O)(O)OC[C@@H](COC(=O)CCCCCCCCCC(C)C)OC(=O)CCCCCCCCCCCCC(C)C)OC(=O)CCCCCCCCCCCCCCCC(C)C. The number of esters is 4. The molecule has 0 saturated heterocycles. The predicted octanol–water partition coefficient (Wildman–Crippen LogP) is 21.3. The van der Waals surface area contributed by atoms with Gasteiger partial charge in [0.2, 0.25) is 0 Å². The minimum absolute atomic E-state index is 0.105. The Kier molecular flexibility index (Phi) is 62.2. The zero-order chi connectivity index (χ0) is 68.9. The molecule has 0 aromatic rings. The molecule has 0 fully saturated rings. The molecule has 0 spiro atoms. The normalized spacial score (nSPS) is 14.5. The van der Waals surface area contributed by atoms with Crippen molar-refractivity contribution < 1.29 is 80.2 Å². The summed E-state index contributed by atoms with van der Waals surface area (Å²) in [6.45, 7) is 14.2. The second kappa shape index (κ2) is 63.5. The van der Waals surface area contributed by atoms with Crippen LogP contribution in [0.1, 0.15) is 370 Å². The third kappa shape index (κ3) is 67.0. The van der Waals surface area contributed by atoms with Crippen molar-refractivity contribution in [2.45, 2.75) is 388 Å². The number of phosphoric acid groups is 2. The second-order valence-corrected chi connectivity index (χ2v) is 31.3. The number of phosphoric ester groups is 2. The van der Waals surface area contributed by atoms with Gasteiger partial charge in [-0.25, -0.2) is 9.13 Å². The molecule has 0 bridgehead atoms. The molecule has 6 atom stereocenters. The van der Waals surface area contributed by atoms with Gasteiger partial charge in [0.15, 0.2) is 12.2 Å². The Balaban J connectivity index is 5.27. The summed E-state index contributed by atoms with van der Waals surface area (Å²) in [7, 11) is -9.91. The molecular formula is C74H144O17P2. The summed E-state index contributed by atoms with van der Waals surface area (Å²) in [5.41, 5.74) is 0. The van der Waals surface area contributed by atoms with Gasteiger partial charge in [0.1, 0.15) is 19.3 Å². The van der Waals surface area contributed by atoms with Crippen LogP contribution in [-0.4, -0.2) is 96.7 Å². The Labute approximate surface area is 568 Å². The van der Waals surface area contributed by atoms with E-state index >= 15 is 0 Å². The van der Waals surface area contributed by atoms with Gasteiger partial charge in [-0.1, -0.05) is 319 Å². The van der Waals surface area contributed by atoms with Crippen LogP contribution in [0.4, 0.5) is 0 Å². The van der Waals surface area contributed by atoms with Gasteiger partial charge in [-0.05, 0) is 49.4 Å². The highest BCUT2D eigenvalue weighted by Gasteiger charge is 2.30. The summed E-state index contributed by atoms with van der Waals surface area (Å²) in [6.07, 6.45) is 47.1. The number of carbonyl (C=O) groups is 4. The van der Waals surface area contributed by atoms with E-state index in [4.69, 9.17) is 37.0 Å². The fourth-order valence-electron chi connectivity index (χ4n) is 11.2. The minimum atomic E-state index is -4.96. The maximum absolute atomic E-state index is 13.1. The molecule has 0 aromatic carbocycles. The average molecular weight is 1370 g/mol. The molecule has 0 aliphatic heterocycles. The van der Waals surface area contributed by atoms with Crippen LogP contribution in [0, 0.1) is 23.7 Å². The Bertz CT molecular complexity index is 1840. The number of hydrogen-bond acceptors (Lipinski definition) is 15. The average Bonchev–Trinajstić information content (AvgIpc) is 1.58. The minimum Gasteiger partial charge on any atom is -0.462 e. The van der Waals surface area contributed by atoms with Gasteiger partial charge < -0.3 is 33.8 Å². The number of ether oxygens (including phenoxy) is 4. The van der Waals surface area contributed by atoms with Crippen molar-refractivity contribution in [1.29, 1.82) is 0 Å². The van der Waals surface area contributed by atoms with Crippen molar-refractivity contribution in [1.82, 2.24) is 0 Å². The summed E-state index contributed by atoms with van der Waals surface area (Å²) >= 11 is 0. The summed E-state index contributed by atoms with van der Waals surface area (Å²) in [6, 6.07) is 0. The lowest BCUT2D eigenvalue weighted by Gasteiger charge is -2.21. The van der Waals surface area contributed by atoms with Crippen LogP contribution in [0.15, 0.2) is 0 Å². The van der Waals surface area contributed by atoms with E-state index in [0.29, 0.717) is 31.6 Å². The van der Waals surface area contributed by atoms with E-state index < -0.39 is 97.5 Å². The van der Waals surface area contributed by atoms with Crippen LogP contribution >= 0.6 is 15.6 Å². The molecule has 93 heavy (non-hydrogen) atoms. The zero-order valence-electron chi connectivity index (χ0n) is 60.9. The zero-order valence-corrected chi connectivity index (χ0v) is 62.7. The Morgan fingerprint density at radius 1 is 0.301 bits per heavy atom. The number of aliphatic hydroxyl groups is 1. The molecule has 0 aliphatic carbocycles. The van der Waals surface area contributed by atoms with E-state index in [9.17, 15) is 43.2 Å². The van der Waals surface area contributed by atoms with Crippen LogP contribution in [0.3, 0.4) is 0 Å². The lowest BCUT2D eigenvalue weighted by atomic mass is 9.99. The van der Waals surface area contributed by atoms with Gasteiger partial charge in [-0.2, -0.15) is 0 Å². The number of rotatable bonds is 71. The molecule has 3 N–H and O–H groups in total. The molecule has 0 aliphatic rings. The monoisotopic (exact) mass is 1370 g/mol. The van der Waals surface area contributed by atoms with Gasteiger partial charge in [0.05, 0.1) is 26.4 Å². The smallest absolute Gasteiger partial charge is 0.462 e. The fraction of sp³-hybridized carbons (Fsp3) is 0.946. The van der Waals surface area contributed by atoms with Crippen molar-refractivity contribution >= 4 is 39.5 Å². The lowest BCUT2D eigenvalue weighted by molar-refractivity contribution is -0.161. The largest absolute Gasteiger partial charge is 0.472 e. The first-order valence-electron chi connectivity index (χ1n) is 38.2. The molecule has 19 heteroatoms. The van der Waals surface area contributed by atoms with Crippen LogP contribution < -0.4 is 0 Å². The van der Waals surface area contributed by atoms with E-state index in [1.54, 1.807) is 0 Å². The number of unbranched alkanes of at least 4 members (excludes halogenated alkanes) is 36. The molecule has 0 aromatic heterocycles. The molecule has 17 nitrogen and oxygen atoms in total. The second-order valence-electron chi connectivity index (χ2n) is 28.4. The maximum Gasteiger partial charge on any atom is 0.472 e. The van der Waals surface area contributed by atoms with Gasteiger partial charge in [-0.3, -0.25) is 37.3 Å². The Morgan fingerprint density at radius 2 is 0.516 bits per heavy atom. The third-order valence-corrected chi connectivity index (χ3v) is 19.3. The number of hydrogen-bond donors (Lipinski definition) is 3. The topological polar surface area (TPSA) is 237 Å². The van der Waals surface area contributed by atoms with Crippen LogP contribution in [0.2, 0.25) is 0 Å². The fourth-order valence-corrected chi connectivity index (χ4v) is 12.7. The standard InChI is InChI=1S/C74H144O17P2/c1-9-67(8)53-45-37-29-21-16-18-22-30-38-46-54-71(76)84-60-69(90-73(78)56-48-40-31-23-14-12-10-11-13-19-26-34-42-50-64(2)3)62-88-92(80,81)86-58-68(75)59-87-93(82,83)89-63-70(61-85-72(77)55-47-39-33-25-28-36-44-52-66(6)7)91-74(79)57-49-41-32-24-17-15-20-27-35-43-51-65(4)5/h64-70,75H,9-63H2,1-8H3,(H,80,81)(H,82,83)/t67?,68?,69-,70-/m1/s1. The summed E-state index contributed by atoms with van der Waals surface area (Å²) in [5, 5.41) is 10.6. The Hall–Kier alpha value is -1.94. The van der Waals surface area contributed by atoms with E-state index in [0.717, 1.165) is 114 Å². The van der Waals surface area contributed by atoms with Gasteiger partial charge in [-0.15, -0.1) is 0 Å². The van der Waals surface area contributed by atoms with Crippen LogP contribution in [-0.2, 0) is 65.4 Å². The number of carbonyl (C=O) groups excluding carboxylic acids is 4. The molecule has 0 radical (unpaired) electrons. The molecule has 0 rings (SSSR count). The summed E-state index contributed by atoms with van der Waals surface area (Å²) in [4.78, 5) is 72.7. The van der Waals surface area contributed by atoms with Crippen molar-refractivity contribution in [2.75, 3.05) is 39.6 Å². The highest BCUT2D eigenvalue weighted by Crippen LogP contribution is 2.45. The lowest BCUT2D eigenvalue weighted by Crippen LogP contribution is -2.30. The molecule has 0 saturated carbocycles. The van der Waals surface area contributed by atoms with Crippen LogP contribution in [0.5, 0.6) is 0 Å². The Morgan fingerprint density at radius 3 is 0.763 bits per heavy atom. The molecule has 4 unspecified atom stereocenters. The first-order chi connectivity index (χ1) is 44.6. The molecule has 0 heterocycles. The quantitative estimate of drug-likeness (QED) is 0.0222. The van der Waals surface area contributed by atoms with Crippen molar-refractivity contribution in [3.05, 3.63) is 0 Å².